The maximum atomic E-state index is 3.58. The van der Waals surface area contributed by atoms with E-state index < -0.39 is 0 Å². The van der Waals surface area contributed by atoms with Crippen molar-refractivity contribution in [2.24, 2.45) is 0 Å². The average molecular weight is 281 g/mol. The number of aromatic nitrogens is 1. The summed E-state index contributed by atoms with van der Waals surface area (Å²) in [6.07, 6.45) is 8.71. The molecular weight excluding hydrogens is 258 g/mol. The van der Waals surface area contributed by atoms with Gasteiger partial charge in [0.2, 0.25) is 0 Å². The number of hydrogen-bond acceptors (Lipinski definition) is 2. The molecule has 1 saturated heterocycles. The van der Waals surface area contributed by atoms with E-state index in [9.17, 15) is 0 Å². The summed E-state index contributed by atoms with van der Waals surface area (Å²) in [5, 5.41) is 1.35. The van der Waals surface area contributed by atoms with Crippen molar-refractivity contribution in [1.82, 2.24) is 14.8 Å². The Morgan fingerprint density at radius 3 is 2.76 bits per heavy atom. The van der Waals surface area contributed by atoms with Gasteiger partial charge >= 0.3 is 0 Å². The van der Waals surface area contributed by atoms with Crippen LogP contribution in [0.4, 0.5) is 0 Å². The molecule has 21 heavy (non-hydrogen) atoms. The van der Waals surface area contributed by atoms with Crippen LogP contribution < -0.4 is 0 Å². The quantitative estimate of drug-likeness (QED) is 0.931. The summed E-state index contributed by atoms with van der Waals surface area (Å²) in [5.41, 5.74) is 3.99. The fraction of sp³-hybridized carbons (Fsp3) is 0.444. The minimum atomic E-state index is 1.01. The molecule has 0 radical (unpaired) electrons. The molecule has 1 N–H and O–H groups in total. The van der Waals surface area contributed by atoms with Crippen molar-refractivity contribution in [3.05, 3.63) is 41.7 Å². The fourth-order valence-electron chi connectivity index (χ4n) is 3.58. The van der Waals surface area contributed by atoms with E-state index in [4.69, 9.17) is 0 Å². The highest BCUT2D eigenvalue weighted by molar-refractivity contribution is 5.90. The minimum Gasteiger partial charge on any atom is -0.370 e. The molecule has 1 fully saturated rings. The SMILES string of the molecule is C1=CN(CCN2CCCCC2)Cc2[nH]c3ccccc3c21. The van der Waals surface area contributed by atoms with Gasteiger partial charge in [-0.05, 0) is 38.1 Å². The molecule has 3 nitrogen and oxygen atoms in total. The van der Waals surface area contributed by atoms with E-state index in [-0.39, 0.29) is 0 Å². The molecule has 0 unspecified atom stereocenters. The number of likely N-dealkylation sites (tertiary alicyclic amines) is 1. The summed E-state index contributed by atoms with van der Waals surface area (Å²) in [6, 6.07) is 8.59. The number of fused-ring (bicyclic) bond motifs is 3. The molecule has 110 valence electrons. The van der Waals surface area contributed by atoms with Gasteiger partial charge in [0.15, 0.2) is 0 Å². The highest BCUT2D eigenvalue weighted by atomic mass is 15.2. The maximum Gasteiger partial charge on any atom is 0.0581 e. The van der Waals surface area contributed by atoms with Gasteiger partial charge in [-0.15, -0.1) is 0 Å². The molecule has 0 saturated carbocycles. The second-order valence-electron chi connectivity index (χ2n) is 6.25. The van der Waals surface area contributed by atoms with Crippen molar-refractivity contribution in [2.45, 2.75) is 25.8 Å². The fourth-order valence-corrected chi connectivity index (χ4v) is 3.58. The van der Waals surface area contributed by atoms with Crippen LogP contribution in [0.5, 0.6) is 0 Å². The topological polar surface area (TPSA) is 22.3 Å². The molecule has 2 aromatic rings. The summed E-state index contributed by atoms with van der Waals surface area (Å²) in [5.74, 6) is 0. The first kappa shape index (κ1) is 13.0. The molecule has 3 heteroatoms. The summed E-state index contributed by atoms with van der Waals surface area (Å²) in [4.78, 5) is 8.62. The second kappa shape index (κ2) is 5.57. The smallest absolute Gasteiger partial charge is 0.0581 e. The Kier molecular flexibility index (Phi) is 3.44. The summed E-state index contributed by atoms with van der Waals surface area (Å²) < 4.78 is 0. The van der Waals surface area contributed by atoms with E-state index in [0.717, 1.165) is 13.1 Å². The number of nitrogens with zero attached hydrogens (tertiary/aromatic N) is 2. The minimum absolute atomic E-state index is 1.01. The van der Waals surface area contributed by atoms with Crippen LogP contribution in [0, 0.1) is 0 Å². The van der Waals surface area contributed by atoms with Crippen molar-refractivity contribution in [3.8, 4) is 0 Å². The first-order valence-corrected chi connectivity index (χ1v) is 8.14. The predicted octanol–water partition coefficient (Wildman–Crippen LogP) is 3.44. The number of rotatable bonds is 3. The molecule has 0 bridgehead atoms. The summed E-state index contributed by atoms with van der Waals surface area (Å²) >= 11 is 0. The lowest BCUT2D eigenvalue weighted by Crippen LogP contribution is -2.36. The van der Waals surface area contributed by atoms with Crippen molar-refractivity contribution < 1.29 is 0 Å². The monoisotopic (exact) mass is 281 g/mol. The van der Waals surface area contributed by atoms with Gasteiger partial charge in [0.05, 0.1) is 6.54 Å². The van der Waals surface area contributed by atoms with Crippen molar-refractivity contribution in [2.75, 3.05) is 26.2 Å². The number of aromatic amines is 1. The number of H-pyrrole nitrogens is 1. The highest BCUT2D eigenvalue weighted by Crippen LogP contribution is 2.27. The standard InChI is InChI=1S/C18H23N3/c1-4-9-20(10-5-1)12-13-21-11-8-16-15-6-2-3-7-17(15)19-18(16)14-21/h2-3,6-8,11,19H,1,4-5,9-10,12-14H2. The Morgan fingerprint density at radius 2 is 1.86 bits per heavy atom. The maximum absolute atomic E-state index is 3.58. The zero-order valence-electron chi connectivity index (χ0n) is 12.5. The largest absolute Gasteiger partial charge is 0.370 e. The van der Waals surface area contributed by atoms with Crippen LogP contribution in [0.15, 0.2) is 30.5 Å². The number of nitrogens with one attached hydrogen (secondary N) is 1. The molecule has 1 aromatic heterocycles. The van der Waals surface area contributed by atoms with E-state index >= 15 is 0 Å². The van der Waals surface area contributed by atoms with Crippen LogP contribution in [0.3, 0.4) is 0 Å². The molecule has 0 aliphatic carbocycles. The van der Waals surface area contributed by atoms with Gasteiger partial charge < -0.3 is 14.8 Å². The lowest BCUT2D eigenvalue weighted by Gasteiger charge is -2.30. The first-order valence-electron chi connectivity index (χ1n) is 8.14. The zero-order chi connectivity index (χ0) is 14.1. The number of benzene rings is 1. The van der Waals surface area contributed by atoms with Crippen LogP contribution in [-0.4, -0.2) is 41.0 Å². The molecule has 2 aliphatic heterocycles. The third-order valence-electron chi connectivity index (χ3n) is 4.79. The molecule has 0 amide bonds. The van der Waals surface area contributed by atoms with Gasteiger partial charge in [-0.3, -0.25) is 0 Å². The zero-order valence-corrected chi connectivity index (χ0v) is 12.5. The summed E-state index contributed by atoms with van der Waals surface area (Å²) in [6.45, 7) is 5.91. The van der Waals surface area contributed by atoms with Crippen molar-refractivity contribution >= 4 is 17.0 Å². The van der Waals surface area contributed by atoms with Gasteiger partial charge in [-0.25, -0.2) is 0 Å². The van der Waals surface area contributed by atoms with E-state index in [0.29, 0.717) is 0 Å². The first-order chi connectivity index (χ1) is 10.4. The number of para-hydroxylation sites is 1. The molecule has 0 spiro atoms. The number of piperidine rings is 1. The number of hydrogen-bond donors (Lipinski definition) is 1. The van der Waals surface area contributed by atoms with E-state index in [1.165, 1.54) is 61.1 Å². The Morgan fingerprint density at radius 1 is 1.00 bits per heavy atom. The van der Waals surface area contributed by atoms with E-state index in [2.05, 4.69) is 51.3 Å². The third kappa shape index (κ3) is 2.58. The van der Waals surface area contributed by atoms with Gasteiger partial charge in [-0.1, -0.05) is 24.6 Å². The van der Waals surface area contributed by atoms with Crippen molar-refractivity contribution in [1.29, 1.82) is 0 Å². The van der Waals surface area contributed by atoms with Crippen LogP contribution >= 0.6 is 0 Å². The predicted molar refractivity (Wildman–Crippen MR) is 88.0 cm³/mol. The van der Waals surface area contributed by atoms with Crippen LogP contribution in [0.25, 0.3) is 17.0 Å². The lowest BCUT2D eigenvalue weighted by atomic mass is 10.1. The Balaban J connectivity index is 1.44. The highest BCUT2D eigenvalue weighted by Gasteiger charge is 2.16. The lowest BCUT2D eigenvalue weighted by molar-refractivity contribution is 0.201. The van der Waals surface area contributed by atoms with E-state index in [1.807, 2.05) is 0 Å². The third-order valence-corrected chi connectivity index (χ3v) is 4.79. The molecule has 2 aliphatic rings. The Labute approximate surface area is 126 Å². The summed E-state index contributed by atoms with van der Waals surface area (Å²) in [7, 11) is 0. The van der Waals surface area contributed by atoms with Crippen LogP contribution in [-0.2, 0) is 6.54 Å². The van der Waals surface area contributed by atoms with Crippen LogP contribution in [0.2, 0.25) is 0 Å². The Bertz CT molecular complexity index is 650. The van der Waals surface area contributed by atoms with E-state index in [1.54, 1.807) is 0 Å². The van der Waals surface area contributed by atoms with Gasteiger partial charge in [0.25, 0.3) is 0 Å². The van der Waals surface area contributed by atoms with Gasteiger partial charge in [-0.2, -0.15) is 0 Å². The average Bonchev–Trinajstić information content (AvgIpc) is 2.91. The second-order valence-corrected chi connectivity index (χ2v) is 6.25. The van der Waals surface area contributed by atoms with Crippen molar-refractivity contribution in [3.63, 3.8) is 0 Å². The molecule has 1 aromatic carbocycles. The Hall–Kier alpha value is -1.74. The molecular formula is C18H23N3. The van der Waals surface area contributed by atoms with Gasteiger partial charge in [0.1, 0.15) is 0 Å². The molecule has 4 rings (SSSR count). The molecule has 0 atom stereocenters. The van der Waals surface area contributed by atoms with Crippen LogP contribution in [0.1, 0.15) is 30.5 Å². The normalized spacial score (nSPS) is 19.1. The molecule has 3 heterocycles. The van der Waals surface area contributed by atoms with Gasteiger partial charge in [0, 0.05) is 41.4 Å².